The van der Waals surface area contributed by atoms with Crippen LogP contribution >= 0.6 is 0 Å². The average molecular weight is 258 g/mol. The van der Waals surface area contributed by atoms with Crippen LogP contribution < -0.4 is 4.74 Å². The van der Waals surface area contributed by atoms with Gasteiger partial charge in [0.25, 0.3) is 0 Å². The molecule has 1 rings (SSSR count). The van der Waals surface area contributed by atoms with Crippen LogP contribution in [-0.2, 0) is 16.0 Å². The summed E-state index contributed by atoms with van der Waals surface area (Å²) in [4.78, 5) is 22.1. The molecule has 0 bridgehead atoms. The number of esters is 2. The molecule has 6 heteroatoms. The first-order valence-electron chi connectivity index (χ1n) is 5.19. The van der Waals surface area contributed by atoms with Crippen molar-refractivity contribution in [2.75, 3.05) is 7.11 Å². The van der Waals surface area contributed by atoms with E-state index in [-0.39, 0.29) is 12.0 Å². The van der Waals surface area contributed by atoms with Gasteiger partial charge in [-0.15, -0.1) is 0 Å². The minimum absolute atomic E-state index is 0.101. The van der Waals surface area contributed by atoms with Crippen LogP contribution in [0.2, 0.25) is 0 Å². The summed E-state index contributed by atoms with van der Waals surface area (Å²) >= 11 is 0. The molecule has 0 unspecified atom stereocenters. The third kappa shape index (κ3) is 2.64. The lowest BCUT2D eigenvalue weighted by Gasteiger charge is -2.10. The number of methoxy groups -OCH3 is 1. The highest BCUT2D eigenvalue weighted by atomic mass is 19.1. The van der Waals surface area contributed by atoms with Crippen molar-refractivity contribution < 1.29 is 27.8 Å². The van der Waals surface area contributed by atoms with Gasteiger partial charge < -0.3 is 9.47 Å². The summed E-state index contributed by atoms with van der Waals surface area (Å²) in [6, 6.07) is 1.01. The molecule has 0 fully saturated rings. The molecule has 1 aromatic rings. The number of carbonyl (C=O) groups excluding carboxylic acids is 2. The summed E-state index contributed by atoms with van der Waals surface area (Å²) in [5.41, 5.74) is -0.427. The lowest BCUT2D eigenvalue weighted by Crippen LogP contribution is -2.13. The van der Waals surface area contributed by atoms with E-state index in [1.165, 1.54) is 0 Å². The molecule has 0 saturated carbocycles. The Labute approximate surface area is 103 Å². The monoisotopic (exact) mass is 258 g/mol. The summed E-state index contributed by atoms with van der Waals surface area (Å²) in [6.45, 7) is 2.65. The normalized spacial score (nSPS) is 10.1. The molecule has 0 atom stereocenters. The third-order valence-electron chi connectivity index (χ3n) is 2.28. The summed E-state index contributed by atoms with van der Waals surface area (Å²) in [5.74, 6) is -4.76. The fourth-order valence-electron chi connectivity index (χ4n) is 1.44. The smallest absolute Gasteiger partial charge is 0.348 e. The van der Waals surface area contributed by atoms with Gasteiger partial charge >= 0.3 is 11.9 Å². The number of hydrogen-bond acceptors (Lipinski definition) is 4. The topological polar surface area (TPSA) is 52.6 Å². The molecule has 0 aliphatic rings. The van der Waals surface area contributed by atoms with Gasteiger partial charge in [-0.3, -0.25) is 4.79 Å². The van der Waals surface area contributed by atoms with E-state index in [4.69, 9.17) is 0 Å². The number of ether oxygens (including phenoxy) is 2. The second-order valence-corrected chi connectivity index (χ2v) is 3.48. The second-order valence-electron chi connectivity index (χ2n) is 3.48. The van der Waals surface area contributed by atoms with Crippen LogP contribution in [0.5, 0.6) is 5.75 Å². The van der Waals surface area contributed by atoms with Crippen LogP contribution in [0.4, 0.5) is 8.78 Å². The van der Waals surface area contributed by atoms with Crippen LogP contribution in [0, 0.1) is 11.6 Å². The molecule has 98 valence electrons. The van der Waals surface area contributed by atoms with Gasteiger partial charge in [0.15, 0.2) is 17.4 Å². The molecule has 18 heavy (non-hydrogen) atoms. The third-order valence-corrected chi connectivity index (χ3v) is 2.28. The van der Waals surface area contributed by atoms with Crippen LogP contribution in [0.1, 0.15) is 29.8 Å². The van der Waals surface area contributed by atoms with Crippen molar-refractivity contribution in [2.24, 2.45) is 0 Å². The Morgan fingerprint density at radius 3 is 2.33 bits per heavy atom. The van der Waals surface area contributed by atoms with E-state index in [0.717, 1.165) is 20.1 Å². The van der Waals surface area contributed by atoms with Crippen molar-refractivity contribution in [3.05, 3.63) is 28.8 Å². The fraction of sp³-hybridized carbons (Fsp3) is 0.333. The van der Waals surface area contributed by atoms with E-state index in [1.807, 2.05) is 0 Å². The first-order chi connectivity index (χ1) is 8.42. The standard InChI is InChI=1S/C12H12F2O4/c1-4-7-5-8(12(16)18-6(2)15)10(14)11(17-3)9(7)13/h5H,4H2,1-3H3. The van der Waals surface area contributed by atoms with Crippen molar-refractivity contribution in [3.63, 3.8) is 0 Å². The van der Waals surface area contributed by atoms with Gasteiger partial charge in [-0.2, -0.15) is 0 Å². The zero-order valence-corrected chi connectivity index (χ0v) is 10.2. The lowest BCUT2D eigenvalue weighted by atomic mass is 10.1. The maximum absolute atomic E-state index is 13.8. The minimum Gasteiger partial charge on any atom is -0.491 e. The number of benzene rings is 1. The van der Waals surface area contributed by atoms with Crippen LogP contribution in [0.25, 0.3) is 0 Å². The number of halogens is 2. The molecule has 0 radical (unpaired) electrons. The van der Waals surface area contributed by atoms with E-state index in [1.54, 1.807) is 6.92 Å². The average Bonchev–Trinajstić information content (AvgIpc) is 2.29. The van der Waals surface area contributed by atoms with Gasteiger partial charge in [0.2, 0.25) is 0 Å². The molecule has 0 saturated heterocycles. The van der Waals surface area contributed by atoms with Crippen molar-refractivity contribution in [1.82, 2.24) is 0 Å². The Morgan fingerprint density at radius 2 is 1.89 bits per heavy atom. The van der Waals surface area contributed by atoms with Gasteiger partial charge in [0.1, 0.15) is 5.56 Å². The molecule has 0 aliphatic heterocycles. The quantitative estimate of drug-likeness (QED) is 0.616. The Balaban J connectivity index is 3.36. The largest absolute Gasteiger partial charge is 0.491 e. The van der Waals surface area contributed by atoms with Crippen LogP contribution in [0.3, 0.4) is 0 Å². The van der Waals surface area contributed by atoms with E-state index in [2.05, 4.69) is 9.47 Å². The SMILES string of the molecule is CCc1cc(C(=O)OC(C)=O)c(F)c(OC)c1F. The van der Waals surface area contributed by atoms with Crippen molar-refractivity contribution in [1.29, 1.82) is 0 Å². The minimum atomic E-state index is -1.18. The predicted octanol–water partition coefficient (Wildman–Crippen LogP) is 2.24. The highest BCUT2D eigenvalue weighted by molar-refractivity contribution is 5.97. The molecule has 0 amide bonds. The van der Waals surface area contributed by atoms with Gasteiger partial charge in [-0.25, -0.2) is 13.6 Å². The molecular weight excluding hydrogens is 246 g/mol. The first-order valence-corrected chi connectivity index (χ1v) is 5.19. The molecule has 4 nitrogen and oxygen atoms in total. The van der Waals surface area contributed by atoms with Crippen molar-refractivity contribution in [3.8, 4) is 5.75 Å². The zero-order valence-electron chi connectivity index (χ0n) is 10.2. The Bertz CT molecular complexity index is 497. The van der Waals surface area contributed by atoms with Gasteiger partial charge in [0.05, 0.1) is 7.11 Å². The van der Waals surface area contributed by atoms with Crippen LogP contribution in [0.15, 0.2) is 6.07 Å². The van der Waals surface area contributed by atoms with Crippen LogP contribution in [-0.4, -0.2) is 19.0 Å². The summed E-state index contributed by atoms with van der Waals surface area (Å²) < 4.78 is 36.3. The number of hydrogen-bond donors (Lipinski definition) is 0. The summed E-state index contributed by atoms with van der Waals surface area (Å²) in [7, 11) is 1.08. The highest BCUT2D eigenvalue weighted by Crippen LogP contribution is 2.28. The Morgan fingerprint density at radius 1 is 1.28 bits per heavy atom. The maximum Gasteiger partial charge on any atom is 0.348 e. The number of carbonyl (C=O) groups is 2. The van der Waals surface area contributed by atoms with E-state index < -0.39 is 34.9 Å². The molecule has 0 spiro atoms. The highest BCUT2D eigenvalue weighted by Gasteiger charge is 2.24. The zero-order chi connectivity index (χ0) is 13.9. The number of rotatable bonds is 3. The van der Waals surface area contributed by atoms with E-state index in [0.29, 0.717) is 0 Å². The summed E-state index contributed by atoms with van der Waals surface area (Å²) in [6.07, 6.45) is 0.239. The molecule has 0 heterocycles. The molecular formula is C12H12F2O4. The molecule has 1 aromatic carbocycles. The van der Waals surface area contributed by atoms with Crippen molar-refractivity contribution >= 4 is 11.9 Å². The Hall–Kier alpha value is -1.98. The maximum atomic E-state index is 13.8. The second kappa shape index (κ2) is 5.57. The van der Waals surface area contributed by atoms with E-state index in [9.17, 15) is 18.4 Å². The molecule has 0 aliphatic carbocycles. The van der Waals surface area contributed by atoms with E-state index >= 15 is 0 Å². The molecule has 0 aromatic heterocycles. The molecule has 0 N–H and O–H groups in total. The first kappa shape index (κ1) is 14.1. The van der Waals surface area contributed by atoms with Gasteiger partial charge in [-0.05, 0) is 18.1 Å². The summed E-state index contributed by atoms with van der Waals surface area (Å²) in [5, 5.41) is 0. The number of aryl methyl sites for hydroxylation is 1. The lowest BCUT2D eigenvalue weighted by molar-refractivity contribution is -0.135. The van der Waals surface area contributed by atoms with Gasteiger partial charge in [0, 0.05) is 6.92 Å². The fourth-order valence-corrected chi connectivity index (χ4v) is 1.44. The predicted molar refractivity (Wildman–Crippen MR) is 58.4 cm³/mol. The van der Waals surface area contributed by atoms with Crippen molar-refractivity contribution in [2.45, 2.75) is 20.3 Å². The van der Waals surface area contributed by atoms with Gasteiger partial charge in [-0.1, -0.05) is 6.92 Å². The Kier molecular flexibility index (Phi) is 4.36.